The van der Waals surface area contributed by atoms with Gasteiger partial charge in [-0.3, -0.25) is 4.79 Å². The summed E-state index contributed by atoms with van der Waals surface area (Å²) in [6.45, 7) is 0. The summed E-state index contributed by atoms with van der Waals surface area (Å²) in [5.74, 6) is -0.0355. The first-order valence-electron chi connectivity index (χ1n) is 6.34. The standard InChI is InChI=1S/C17H11Br2NO/c18-11-7-10(8-12(20)9-11)17(21)15-5-6-16(19)14-4-2-1-3-13(14)15/h1-9H,20H2. The van der Waals surface area contributed by atoms with Crippen molar-refractivity contribution < 1.29 is 4.79 Å². The zero-order valence-corrected chi connectivity index (χ0v) is 14.1. The van der Waals surface area contributed by atoms with Gasteiger partial charge >= 0.3 is 0 Å². The predicted molar refractivity (Wildman–Crippen MR) is 93.6 cm³/mol. The highest BCUT2D eigenvalue weighted by atomic mass is 79.9. The molecular weight excluding hydrogens is 394 g/mol. The molecule has 3 rings (SSSR count). The third-order valence-corrected chi connectivity index (χ3v) is 4.45. The van der Waals surface area contributed by atoms with Gasteiger partial charge in [0.2, 0.25) is 0 Å². The summed E-state index contributed by atoms with van der Waals surface area (Å²) in [4.78, 5) is 12.8. The maximum atomic E-state index is 12.8. The fraction of sp³-hybridized carbons (Fsp3) is 0. The number of rotatable bonds is 2. The van der Waals surface area contributed by atoms with Gasteiger partial charge in [-0.15, -0.1) is 0 Å². The molecule has 3 aromatic carbocycles. The number of nitrogens with two attached hydrogens (primary N) is 1. The number of carbonyl (C=O) groups is 1. The minimum Gasteiger partial charge on any atom is -0.399 e. The van der Waals surface area contributed by atoms with Crippen molar-refractivity contribution >= 4 is 54.1 Å². The highest BCUT2D eigenvalue weighted by Crippen LogP contribution is 2.29. The van der Waals surface area contributed by atoms with Gasteiger partial charge < -0.3 is 5.73 Å². The molecule has 0 atom stereocenters. The van der Waals surface area contributed by atoms with Crippen molar-refractivity contribution in [3.05, 3.63) is 74.7 Å². The maximum Gasteiger partial charge on any atom is 0.193 e. The molecule has 0 amide bonds. The van der Waals surface area contributed by atoms with Crippen molar-refractivity contribution in [2.45, 2.75) is 0 Å². The van der Waals surface area contributed by atoms with Crippen LogP contribution in [0, 0.1) is 0 Å². The molecule has 0 radical (unpaired) electrons. The van der Waals surface area contributed by atoms with Gasteiger partial charge in [0.05, 0.1) is 0 Å². The van der Waals surface area contributed by atoms with Crippen LogP contribution in [0.2, 0.25) is 0 Å². The minimum atomic E-state index is -0.0355. The monoisotopic (exact) mass is 403 g/mol. The average molecular weight is 405 g/mol. The SMILES string of the molecule is Nc1cc(Br)cc(C(=O)c2ccc(Br)c3ccccc23)c1. The zero-order valence-electron chi connectivity index (χ0n) is 10.9. The molecule has 0 spiro atoms. The van der Waals surface area contributed by atoms with Crippen LogP contribution in [0.25, 0.3) is 10.8 Å². The number of hydrogen-bond acceptors (Lipinski definition) is 2. The molecule has 21 heavy (non-hydrogen) atoms. The Morgan fingerprint density at radius 3 is 2.33 bits per heavy atom. The lowest BCUT2D eigenvalue weighted by Gasteiger charge is -2.08. The smallest absolute Gasteiger partial charge is 0.193 e. The van der Waals surface area contributed by atoms with Gasteiger partial charge in [-0.25, -0.2) is 0 Å². The Bertz CT molecular complexity index is 838. The summed E-state index contributed by atoms with van der Waals surface area (Å²) < 4.78 is 1.77. The molecule has 0 aliphatic carbocycles. The van der Waals surface area contributed by atoms with Gasteiger partial charge in [-0.1, -0.05) is 56.1 Å². The van der Waals surface area contributed by atoms with E-state index >= 15 is 0 Å². The summed E-state index contributed by atoms with van der Waals surface area (Å²) >= 11 is 6.90. The second kappa shape index (κ2) is 5.62. The average Bonchev–Trinajstić information content (AvgIpc) is 2.46. The largest absolute Gasteiger partial charge is 0.399 e. The number of fused-ring (bicyclic) bond motifs is 1. The van der Waals surface area contributed by atoms with E-state index in [1.54, 1.807) is 18.2 Å². The zero-order chi connectivity index (χ0) is 15.0. The molecular formula is C17H11Br2NO. The van der Waals surface area contributed by atoms with E-state index in [4.69, 9.17) is 5.73 Å². The third-order valence-electron chi connectivity index (χ3n) is 3.30. The molecule has 0 bridgehead atoms. The van der Waals surface area contributed by atoms with Crippen LogP contribution in [-0.4, -0.2) is 5.78 Å². The van der Waals surface area contributed by atoms with Gasteiger partial charge in [-0.2, -0.15) is 0 Å². The number of carbonyl (C=O) groups excluding carboxylic acids is 1. The summed E-state index contributed by atoms with van der Waals surface area (Å²) in [5, 5.41) is 1.95. The van der Waals surface area contributed by atoms with E-state index in [0.717, 1.165) is 19.7 Å². The molecule has 0 aliphatic rings. The van der Waals surface area contributed by atoms with E-state index < -0.39 is 0 Å². The summed E-state index contributed by atoms with van der Waals surface area (Å²) in [5.41, 5.74) is 7.64. The van der Waals surface area contributed by atoms with E-state index in [1.807, 2.05) is 36.4 Å². The van der Waals surface area contributed by atoms with Gasteiger partial charge in [0.15, 0.2) is 5.78 Å². The summed E-state index contributed by atoms with van der Waals surface area (Å²) in [6, 6.07) is 16.8. The Hall–Kier alpha value is -1.65. The molecule has 0 heterocycles. The van der Waals surface area contributed by atoms with Crippen LogP contribution in [0.5, 0.6) is 0 Å². The quantitative estimate of drug-likeness (QED) is 0.472. The first kappa shape index (κ1) is 14.3. The molecule has 0 fully saturated rings. The number of nitrogen functional groups attached to an aromatic ring is 1. The van der Waals surface area contributed by atoms with Crippen LogP contribution in [0.3, 0.4) is 0 Å². The van der Waals surface area contributed by atoms with E-state index in [-0.39, 0.29) is 5.78 Å². The first-order valence-corrected chi connectivity index (χ1v) is 7.93. The molecule has 0 saturated carbocycles. The van der Waals surface area contributed by atoms with Gasteiger partial charge in [-0.05, 0) is 41.1 Å². The van der Waals surface area contributed by atoms with Crippen LogP contribution in [0.1, 0.15) is 15.9 Å². The molecule has 0 unspecified atom stereocenters. The topological polar surface area (TPSA) is 43.1 Å². The van der Waals surface area contributed by atoms with E-state index in [9.17, 15) is 4.79 Å². The molecule has 2 nitrogen and oxygen atoms in total. The van der Waals surface area contributed by atoms with Crippen molar-refractivity contribution in [2.75, 3.05) is 5.73 Å². The van der Waals surface area contributed by atoms with Crippen LogP contribution in [0.4, 0.5) is 5.69 Å². The second-order valence-electron chi connectivity index (χ2n) is 4.74. The normalized spacial score (nSPS) is 10.8. The van der Waals surface area contributed by atoms with Crippen molar-refractivity contribution in [3.8, 4) is 0 Å². The highest BCUT2D eigenvalue weighted by molar-refractivity contribution is 9.11. The molecule has 0 aliphatic heterocycles. The van der Waals surface area contributed by atoms with Crippen LogP contribution < -0.4 is 5.73 Å². The van der Waals surface area contributed by atoms with Gasteiger partial charge in [0.1, 0.15) is 0 Å². The Balaban J connectivity index is 2.20. The van der Waals surface area contributed by atoms with Crippen molar-refractivity contribution in [1.82, 2.24) is 0 Å². The Morgan fingerprint density at radius 2 is 1.62 bits per heavy atom. The molecule has 0 saturated heterocycles. The number of hydrogen-bond donors (Lipinski definition) is 1. The Kier molecular flexibility index (Phi) is 3.83. The number of benzene rings is 3. The van der Waals surface area contributed by atoms with Gasteiger partial charge in [0.25, 0.3) is 0 Å². The summed E-state index contributed by atoms with van der Waals surface area (Å²) in [7, 11) is 0. The molecule has 4 heteroatoms. The lowest BCUT2D eigenvalue weighted by molar-refractivity contribution is 0.104. The fourth-order valence-corrected chi connectivity index (χ4v) is 3.35. The lowest BCUT2D eigenvalue weighted by Crippen LogP contribution is -2.03. The van der Waals surface area contributed by atoms with E-state index in [2.05, 4.69) is 31.9 Å². The van der Waals surface area contributed by atoms with Crippen LogP contribution in [-0.2, 0) is 0 Å². The van der Waals surface area contributed by atoms with Crippen molar-refractivity contribution in [1.29, 1.82) is 0 Å². The Labute approximate surface area is 139 Å². The maximum absolute atomic E-state index is 12.8. The first-order chi connectivity index (χ1) is 10.1. The molecule has 104 valence electrons. The number of ketones is 1. The van der Waals surface area contributed by atoms with E-state index in [0.29, 0.717) is 16.8 Å². The number of halogens is 2. The second-order valence-corrected chi connectivity index (χ2v) is 6.51. The van der Waals surface area contributed by atoms with Crippen molar-refractivity contribution in [3.63, 3.8) is 0 Å². The highest BCUT2D eigenvalue weighted by Gasteiger charge is 2.14. The Morgan fingerprint density at radius 1 is 0.905 bits per heavy atom. The van der Waals surface area contributed by atoms with Crippen molar-refractivity contribution in [2.24, 2.45) is 0 Å². The fourth-order valence-electron chi connectivity index (χ4n) is 2.36. The molecule has 3 aromatic rings. The predicted octanol–water partition coefficient (Wildman–Crippen LogP) is 5.18. The summed E-state index contributed by atoms with van der Waals surface area (Å²) in [6.07, 6.45) is 0. The molecule has 0 aromatic heterocycles. The number of anilines is 1. The minimum absolute atomic E-state index is 0.0355. The van der Waals surface area contributed by atoms with Crippen LogP contribution in [0.15, 0.2) is 63.5 Å². The van der Waals surface area contributed by atoms with Crippen LogP contribution >= 0.6 is 31.9 Å². The lowest BCUT2D eigenvalue weighted by atomic mass is 9.97. The third kappa shape index (κ3) is 2.74. The van der Waals surface area contributed by atoms with Gasteiger partial charge in [0, 0.05) is 25.8 Å². The molecule has 2 N–H and O–H groups in total. The van der Waals surface area contributed by atoms with E-state index in [1.165, 1.54) is 0 Å².